The van der Waals surface area contributed by atoms with Gasteiger partial charge in [0, 0.05) is 6.42 Å². The quantitative estimate of drug-likeness (QED) is 0.0273. The number of aliphatic hydroxyl groups is 1. The van der Waals surface area contributed by atoms with E-state index < -0.39 is 26.6 Å². The molecule has 0 aromatic carbocycles. The molecule has 368 valence electrons. The van der Waals surface area contributed by atoms with Crippen LogP contribution in [0.4, 0.5) is 0 Å². The summed E-state index contributed by atoms with van der Waals surface area (Å²) in [6.45, 7) is 4.25. The van der Waals surface area contributed by atoms with Crippen LogP contribution in [-0.2, 0) is 18.4 Å². The first-order valence-electron chi connectivity index (χ1n) is 25.6. The smallest absolute Gasteiger partial charge is 0.268 e. The zero-order valence-corrected chi connectivity index (χ0v) is 42.6. The minimum absolute atomic E-state index is 0.0126. The molecule has 0 rings (SSSR count). The van der Waals surface area contributed by atoms with Crippen molar-refractivity contribution in [1.29, 1.82) is 0 Å². The second-order valence-electron chi connectivity index (χ2n) is 18.1. The van der Waals surface area contributed by atoms with E-state index in [1.807, 2.05) is 40.2 Å². The lowest BCUT2D eigenvalue weighted by Gasteiger charge is -2.29. The summed E-state index contributed by atoms with van der Waals surface area (Å²) >= 11 is 0. The van der Waals surface area contributed by atoms with Crippen molar-refractivity contribution in [3.8, 4) is 0 Å². The maximum atomic E-state index is 12.9. The molecule has 0 radical (unpaired) electrons. The highest BCUT2D eigenvalue weighted by Crippen LogP contribution is 2.38. The summed E-state index contributed by atoms with van der Waals surface area (Å²) < 4.78 is 23.1. The Hall–Kier alpha value is -2.58. The van der Waals surface area contributed by atoms with Crippen LogP contribution in [0.15, 0.2) is 97.2 Å². The Labute approximate surface area is 394 Å². The van der Waals surface area contributed by atoms with Gasteiger partial charge in [0.2, 0.25) is 5.91 Å². The Morgan fingerprint density at radius 3 is 1.45 bits per heavy atom. The minimum atomic E-state index is -4.60. The van der Waals surface area contributed by atoms with Crippen LogP contribution in [0.3, 0.4) is 0 Å². The van der Waals surface area contributed by atoms with Gasteiger partial charge < -0.3 is 28.8 Å². The van der Waals surface area contributed by atoms with E-state index in [0.717, 1.165) is 77.0 Å². The maximum Gasteiger partial charge on any atom is 0.268 e. The predicted molar refractivity (Wildman–Crippen MR) is 274 cm³/mol. The fraction of sp³-hybridized carbons (Fsp3) is 0.691. The first-order valence-corrected chi connectivity index (χ1v) is 27.0. The van der Waals surface area contributed by atoms with Gasteiger partial charge in [-0.05, 0) is 84.0 Å². The molecule has 0 spiro atoms. The summed E-state index contributed by atoms with van der Waals surface area (Å²) in [5, 5.41) is 13.7. The van der Waals surface area contributed by atoms with Gasteiger partial charge >= 0.3 is 0 Å². The summed E-state index contributed by atoms with van der Waals surface area (Å²) in [6.07, 6.45) is 65.2. The van der Waals surface area contributed by atoms with E-state index in [1.165, 1.54) is 96.3 Å². The molecule has 1 amide bonds. The Morgan fingerprint density at radius 1 is 0.578 bits per heavy atom. The van der Waals surface area contributed by atoms with Crippen molar-refractivity contribution in [3.63, 3.8) is 0 Å². The number of hydrogen-bond acceptors (Lipinski definition) is 6. The number of nitrogens with zero attached hydrogens (tertiary/aromatic N) is 1. The van der Waals surface area contributed by atoms with Crippen molar-refractivity contribution in [1.82, 2.24) is 5.32 Å². The molecular weight excluding hydrogens is 816 g/mol. The van der Waals surface area contributed by atoms with E-state index in [-0.39, 0.29) is 12.5 Å². The minimum Gasteiger partial charge on any atom is -0.756 e. The Kier molecular flexibility index (Phi) is 43.7. The average Bonchev–Trinajstić information content (AvgIpc) is 3.25. The lowest BCUT2D eigenvalue weighted by atomic mass is 10.0. The molecule has 0 aliphatic rings. The summed E-state index contributed by atoms with van der Waals surface area (Å²) in [6, 6.07) is -0.911. The summed E-state index contributed by atoms with van der Waals surface area (Å²) in [7, 11) is 1.22. The Bertz CT molecular complexity index is 1360. The van der Waals surface area contributed by atoms with Crippen LogP contribution in [-0.4, -0.2) is 68.5 Å². The molecule has 0 aromatic heterocycles. The number of quaternary nitrogens is 1. The van der Waals surface area contributed by atoms with Gasteiger partial charge in [0.25, 0.3) is 7.82 Å². The number of amides is 1. The van der Waals surface area contributed by atoms with Crippen LogP contribution in [0.5, 0.6) is 0 Å². The van der Waals surface area contributed by atoms with E-state index >= 15 is 0 Å². The number of likely N-dealkylation sites (N-methyl/N-ethyl adjacent to an activating group) is 1. The monoisotopic (exact) mass is 913 g/mol. The van der Waals surface area contributed by atoms with Crippen LogP contribution in [0.2, 0.25) is 0 Å². The van der Waals surface area contributed by atoms with Gasteiger partial charge in [-0.2, -0.15) is 0 Å². The molecule has 0 bridgehead atoms. The molecule has 3 unspecified atom stereocenters. The van der Waals surface area contributed by atoms with Crippen LogP contribution in [0, 0.1) is 0 Å². The van der Waals surface area contributed by atoms with Crippen molar-refractivity contribution in [2.45, 2.75) is 206 Å². The molecule has 0 saturated carbocycles. The normalized spacial score (nSPS) is 14.9. The number of carbonyl (C=O) groups excluding carboxylic acids is 1. The van der Waals surface area contributed by atoms with E-state index in [0.29, 0.717) is 17.4 Å². The third-order valence-electron chi connectivity index (χ3n) is 10.9. The first-order chi connectivity index (χ1) is 31.0. The SMILES string of the molecule is C/C=C/CC/C=C/CC/C=C/C(O)C(COP(=O)([O-])OCC[N+](C)(C)C)NC(=O)CCCCCCCCCCCCCCCCCCC/C=C\C/C=C\C/C=C\C/C=C\C/C=C\CC. The standard InChI is InChI=1S/C55H97N2O6P/c1-6-8-10-12-14-16-17-18-19-20-21-22-23-24-25-26-27-28-29-30-31-32-33-34-35-36-37-38-39-41-43-45-47-49-55(59)56-53(52-63-64(60,61)62-51-50-57(3,4)5)54(58)48-46-44-42-40-15-13-11-9-7-2/h7-10,14-16,18-19,21-22,24-25,40,46,48,53-54,58H,6,11-13,17,20,23,26-39,41-45,47,49-52H2,1-5H3,(H-,56,59,60,61)/b9-7+,10-8-,16-14-,19-18-,22-21-,25-24-,40-15+,48-46+. The molecule has 9 heteroatoms. The molecule has 0 aromatic rings. The van der Waals surface area contributed by atoms with Crippen molar-refractivity contribution in [2.75, 3.05) is 40.9 Å². The third kappa shape index (κ3) is 47.4. The lowest BCUT2D eigenvalue weighted by Crippen LogP contribution is -2.45. The fourth-order valence-corrected chi connectivity index (χ4v) is 7.59. The molecular formula is C55H97N2O6P. The van der Waals surface area contributed by atoms with Gasteiger partial charge in [-0.1, -0.05) is 200 Å². The lowest BCUT2D eigenvalue weighted by molar-refractivity contribution is -0.870. The Morgan fingerprint density at radius 2 is 0.984 bits per heavy atom. The highest BCUT2D eigenvalue weighted by molar-refractivity contribution is 7.45. The van der Waals surface area contributed by atoms with E-state index in [1.54, 1.807) is 6.08 Å². The molecule has 0 fully saturated rings. The highest BCUT2D eigenvalue weighted by atomic mass is 31.2. The van der Waals surface area contributed by atoms with Gasteiger partial charge in [0.1, 0.15) is 13.2 Å². The number of nitrogens with one attached hydrogen (secondary N) is 1. The van der Waals surface area contributed by atoms with E-state index in [9.17, 15) is 19.4 Å². The number of allylic oxidation sites excluding steroid dienone is 15. The van der Waals surface area contributed by atoms with E-state index in [4.69, 9.17) is 9.05 Å². The topological polar surface area (TPSA) is 108 Å². The number of unbranched alkanes of at least 4 members (excludes halogenated alkanes) is 19. The number of phosphoric acid groups is 1. The van der Waals surface area contributed by atoms with Gasteiger partial charge in [0.05, 0.1) is 39.9 Å². The van der Waals surface area contributed by atoms with E-state index in [2.05, 4.69) is 91.2 Å². The predicted octanol–water partition coefficient (Wildman–Crippen LogP) is 14.5. The number of carbonyl (C=O) groups is 1. The molecule has 0 aliphatic heterocycles. The van der Waals surface area contributed by atoms with Crippen LogP contribution < -0.4 is 10.2 Å². The number of aliphatic hydroxyl groups excluding tert-OH is 1. The second kappa shape index (κ2) is 45.6. The summed E-state index contributed by atoms with van der Waals surface area (Å²) in [5.74, 6) is -0.218. The van der Waals surface area contributed by atoms with Crippen molar-refractivity contribution < 1.29 is 32.9 Å². The average molecular weight is 913 g/mol. The number of hydrogen-bond donors (Lipinski definition) is 2. The van der Waals surface area contributed by atoms with Gasteiger partial charge in [-0.3, -0.25) is 9.36 Å². The Balaban J connectivity index is 4.00. The zero-order valence-electron chi connectivity index (χ0n) is 41.7. The zero-order chi connectivity index (χ0) is 47.1. The molecule has 0 aliphatic carbocycles. The highest BCUT2D eigenvalue weighted by Gasteiger charge is 2.23. The number of rotatable bonds is 45. The second-order valence-corrected chi connectivity index (χ2v) is 19.5. The summed E-state index contributed by atoms with van der Waals surface area (Å²) in [4.78, 5) is 25.3. The van der Waals surface area contributed by atoms with Gasteiger partial charge in [0.15, 0.2) is 0 Å². The van der Waals surface area contributed by atoms with Crippen molar-refractivity contribution in [2.24, 2.45) is 0 Å². The van der Waals surface area contributed by atoms with Crippen LogP contribution in [0.1, 0.15) is 194 Å². The third-order valence-corrected chi connectivity index (χ3v) is 11.8. The fourth-order valence-electron chi connectivity index (χ4n) is 6.86. The number of phosphoric ester groups is 1. The van der Waals surface area contributed by atoms with Crippen molar-refractivity contribution >= 4 is 13.7 Å². The van der Waals surface area contributed by atoms with Crippen LogP contribution in [0.25, 0.3) is 0 Å². The molecule has 3 atom stereocenters. The molecule has 64 heavy (non-hydrogen) atoms. The molecule has 2 N–H and O–H groups in total. The molecule has 8 nitrogen and oxygen atoms in total. The van der Waals surface area contributed by atoms with Gasteiger partial charge in [-0.15, -0.1) is 0 Å². The van der Waals surface area contributed by atoms with Crippen LogP contribution >= 0.6 is 7.82 Å². The largest absolute Gasteiger partial charge is 0.756 e. The van der Waals surface area contributed by atoms with Crippen molar-refractivity contribution in [3.05, 3.63) is 97.2 Å². The molecule has 0 heterocycles. The van der Waals surface area contributed by atoms with Gasteiger partial charge in [-0.25, -0.2) is 0 Å². The maximum absolute atomic E-state index is 12.9. The first kappa shape index (κ1) is 61.4. The molecule has 0 saturated heterocycles. The summed E-state index contributed by atoms with van der Waals surface area (Å²) in [5.41, 5.74) is 0.